The Hall–Kier alpha value is -1.74. The van der Waals surface area contributed by atoms with Gasteiger partial charge in [0, 0.05) is 32.2 Å². The number of halogens is 3. The predicted octanol–water partition coefficient (Wildman–Crippen LogP) is 3.82. The molecule has 2 rings (SSSR count). The van der Waals surface area contributed by atoms with Gasteiger partial charge in [-0.3, -0.25) is 4.99 Å². The number of nitrogens with zero attached hydrogens (tertiary/aromatic N) is 2. The third-order valence-electron chi connectivity index (χ3n) is 3.96. The van der Waals surface area contributed by atoms with Crippen molar-refractivity contribution in [1.29, 1.82) is 0 Å². The number of hydrogen-bond donors (Lipinski definition) is 2. The Morgan fingerprint density at radius 2 is 1.52 bits per heavy atom. The third kappa shape index (κ3) is 7.42. The highest BCUT2D eigenvalue weighted by atomic mass is 127. The van der Waals surface area contributed by atoms with Gasteiger partial charge in [0.2, 0.25) is 0 Å². The van der Waals surface area contributed by atoms with Crippen LogP contribution in [0.3, 0.4) is 0 Å². The van der Waals surface area contributed by atoms with Crippen LogP contribution in [0.5, 0.6) is 0 Å². The summed E-state index contributed by atoms with van der Waals surface area (Å²) < 4.78 is 27.2. The van der Waals surface area contributed by atoms with Crippen LogP contribution in [0.2, 0.25) is 0 Å². The van der Waals surface area contributed by atoms with Crippen LogP contribution in [0.4, 0.5) is 8.78 Å². The van der Waals surface area contributed by atoms with E-state index in [1.54, 1.807) is 26.1 Å². The topological polar surface area (TPSA) is 39.7 Å². The molecule has 0 atom stereocenters. The average Bonchev–Trinajstić information content (AvgIpc) is 2.60. The van der Waals surface area contributed by atoms with Gasteiger partial charge in [0.05, 0.1) is 0 Å². The first kappa shape index (κ1) is 23.3. The summed E-state index contributed by atoms with van der Waals surface area (Å²) in [4.78, 5) is 6.12. The van der Waals surface area contributed by atoms with E-state index in [0.717, 1.165) is 11.1 Å². The number of rotatable bonds is 6. The van der Waals surface area contributed by atoms with Crippen molar-refractivity contribution in [2.24, 2.45) is 4.99 Å². The molecule has 0 saturated heterocycles. The average molecular weight is 488 g/mol. The van der Waals surface area contributed by atoms with Crippen molar-refractivity contribution in [3.8, 4) is 0 Å². The molecule has 0 aliphatic rings. The standard InChI is InChI=1S/C20H26F2N4.HI/c1-14-9-15(5-7-18(14)21)11-24-20(23-2)25-12-16-6-8-19(22)17(10-16)13-26(3)4;/h5-10H,11-13H2,1-4H3,(H2,23,24,25);1H. The van der Waals surface area contributed by atoms with Crippen LogP contribution >= 0.6 is 24.0 Å². The Labute approximate surface area is 177 Å². The molecule has 0 fully saturated rings. The minimum Gasteiger partial charge on any atom is -0.352 e. The van der Waals surface area contributed by atoms with Crippen molar-refractivity contribution >= 4 is 29.9 Å². The van der Waals surface area contributed by atoms with Gasteiger partial charge in [-0.2, -0.15) is 0 Å². The predicted molar refractivity (Wildman–Crippen MR) is 117 cm³/mol. The smallest absolute Gasteiger partial charge is 0.191 e. The molecule has 27 heavy (non-hydrogen) atoms. The molecular formula is C20H27F2IN4. The van der Waals surface area contributed by atoms with Crippen LogP contribution in [0.25, 0.3) is 0 Å². The van der Waals surface area contributed by atoms with Crippen molar-refractivity contribution < 1.29 is 8.78 Å². The Kier molecular flexibility index (Phi) is 9.65. The highest BCUT2D eigenvalue weighted by molar-refractivity contribution is 14.0. The van der Waals surface area contributed by atoms with Crippen molar-refractivity contribution in [2.45, 2.75) is 26.6 Å². The molecule has 0 aliphatic carbocycles. The van der Waals surface area contributed by atoms with E-state index in [0.29, 0.717) is 36.7 Å². The van der Waals surface area contributed by atoms with Gasteiger partial charge in [0.25, 0.3) is 0 Å². The van der Waals surface area contributed by atoms with Crippen LogP contribution < -0.4 is 10.6 Å². The van der Waals surface area contributed by atoms with Crippen LogP contribution in [-0.4, -0.2) is 32.0 Å². The monoisotopic (exact) mass is 488 g/mol. The fourth-order valence-electron chi connectivity index (χ4n) is 2.61. The lowest BCUT2D eigenvalue weighted by atomic mass is 10.1. The molecule has 0 radical (unpaired) electrons. The van der Waals surface area contributed by atoms with E-state index in [1.165, 1.54) is 12.1 Å². The molecule has 0 unspecified atom stereocenters. The lowest BCUT2D eigenvalue weighted by Gasteiger charge is -2.14. The Morgan fingerprint density at radius 1 is 0.963 bits per heavy atom. The van der Waals surface area contributed by atoms with Crippen molar-refractivity contribution in [3.63, 3.8) is 0 Å². The maximum Gasteiger partial charge on any atom is 0.191 e. The second-order valence-electron chi connectivity index (χ2n) is 6.53. The molecule has 2 aromatic carbocycles. The first-order valence-corrected chi connectivity index (χ1v) is 8.50. The Bertz CT molecular complexity index is 779. The zero-order valence-corrected chi connectivity index (χ0v) is 18.5. The number of benzene rings is 2. The minimum atomic E-state index is -0.207. The highest BCUT2D eigenvalue weighted by Crippen LogP contribution is 2.12. The van der Waals surface area contributed by atoms with Crippen LogP contribution in [-0.2, 0) is 19.6 Å². The maximum absolute atomic E-state index is 13.9. The Balaban J connectivity index is 0.00000364. The third-order valence-corrected chi connectivity index (χ3v) is 3.96. The first-order chi connectivity index (χ1) is 12.4. The van der Waals surface area contributed by atoms with Gasteiger partial charge in [0.15, 0.2) is 5.96 Å². The van der Waals surface area contributed by atoms with E-state index in [4.69, 9.17) is 0 Å². The van der Waals surface area contributed by atoms with Crippen LogP contribution in [0.1, 0.15) is 22.3 Å². The van der Waals surface area contributed by atoms with E-state index in [9.17, 15) is 8.78 Å². The van der Waals surface area contributed by atoms with E-state index in [1.807, 2.05) is 31.1 Å². The fraction of sp³-hybridized carbons (Fsp3) is 0.350. The summed E-state index contributed by atoms with van der Waals surface area (Å²) in [6, 6.07) is 10.1. The van der Waals surface area contributed by atoms with Crippen LogP contribution in [0.15, 0.2) is 41.4 Å². The maximum atomic E-state index is 13.9. The van der Waals surface area contributed by atoms with Gasteiger partial charge in [-0.25, -0.2) is 8.78 Å². The Morgan fingerprint density at radius 3 is 2.04 bits per heavy atom. The normalized spacial score (nSPS) is 11.3. The summed E-state index contributed by atoms with van der Waals surface area (Å²) in [6.45, 7) is 3.36. The molecule has 7 heteroatoms. The summed E-state index contributed by atoms with van der Waals surface area (Å²) in [5.41, 5.74) is 3.23. The molecule has 0 bridgehead atoms. The molecule has 0 spiro atoms. The number of hydrogen-bond acceptors (Lipinski definition) is 2. The molecule has 0 saturated carbocycles. The quantitative estimate of drug-likeness (QED) is 0.369. The summed E-state index contributed by atoms with van der Waals surface area (Å²) in [5, 5.41) is 6.41. The molecule has 148 valence electrons. The molecule has 4 nitrogen and oxygen atoms in total. The largest absolute Gasteiger partial charge is 0.352 e. The molecule has 0 amide bonds. The van der Waals surface area contributed by atoms with Gasteiger partial charge in [-0.15, -0.1) is 24.0 Å². The van der Waals surface area contributed by atoms with Crippen molar-refractivity contribution in [2.75, 3.05) is 21.1 Å². The number of nitrogens with one attached hydrogen (secondary N) is 2. The van der Waals surface area contributed by atoms with Crippen molar-refractivity contribution in [3.05, 3.63) is 70.3 Å². The molecule has 2 N–H and O–H groups in total. The van der Waals surface area contributed by atoms with E-state index >= 15 is 0 Å². The second kappa shape index (κ2) is 11.2. The van der Waals surface area contributed by atoms with Crippen LogP contribution in [0, 0.1) is 18.6 Å². The minimum absolute atomic E-state index is 0. The summed E-state index contributed by atoms with van der Waals surface area (Å²) >= 11 is 0. The number of aliphatic imine (C=N–C) groups is 1. The number of guanidine groups is 1. The second-order valence-corrected chi connectivity index (χ2v) is 6.53. The van der Waals surface area contributed by atoms with Crippen molar-refractivity contribution in [1.82, 2.24) is 15.5 Å². The zero-order chi connectivity index (χ0) is 19.1. The summed E-state index contributed by atoms with van der Waals surface area (Å²) in [7, 11) is 5.51. The van der Waals surface area contributed by atoms with E-state index in [-0.39, 0.29) is 35.6 Å². The summed E-state index contributed by atoms with van der Waals surface area (Å²) in [5.74, 6) is 0.225. The lowest BCUT2D eigenvalue weighted by molar-refractivity contribution is 0.392. The molecule has 0 heterocycles. The summed E-state index contributed by atoms with van der Waals surface area (Å²) in [6.07, 6.45) is 0. The molecular weight excluding hydrogens is 461 g/mol. The van der Waals surface area contributed by atoms with Gasteiger partial charge >= 0.3 is 0 Å². The lowest BCUT2D eigenvalue weighted by Crippen LogP contribution is -2.36. The number of aryl methyl sites for hydroxylation is 1. The van der Waals surface area contributed by atoms with E-state index in [2.05, 4.69) is 15.6 Å². The SMILES string of the molecule is CN=C(NCc1ccc(F)c(C)c1)NCc1ccc(F)c(CN(C)C)c1.I. The van der Waals surface area contributed by atoms with E-state index < -0.39 is 0 Å². The molecule has 0 aromatic heterocycles. The first-order valence-electron chi connectivity index (χ1n) is 8.50. The van der Waals surface area contributed by atoms with Gasteiger partial charge in [0.1, 0.15) is 11.6 Å². The zero-order valence-electron chi connectivity index (χ0n) is 16.1. The molecule has 2 aromatic rings. The van der Waals surface area contributed by atoms with Gasteiger partial charge in [-0.05, 0) is 55.9 Å². The highest BCUT2D eigenvalue weighted by Gasteiger charge is 2.06. The van der Waals surface area contributed by atoms with Gasteiger partial charge < -0.3 is 15.5 Å². The fourth-order valence-corrected chi connectivity index (χ4v) is 2.61. The van der Waals surface area contributed by atoms with Gasteiger partial charge in [-0.1, -0.05) is 18.2 Å². The molecule has 0 aliphatic heterocycles.